The van der Waals surface area contributed by atoms with E-state index in [4.69, 9.17) is 0 Å². The van der Waals surface area contributed by atoms with E-state index in [0.29, 0.717) is 6.54 Å². The Morgan fingerprint density at radius 2 is 2.56 bits per heavy atom. The van der Waals surface area contributed by atoms with Gasteiger partial charge in [-0.2, -0.15) is 0 Å². The van der Waals surface area contributed by atoms with Crippen LogP contribution in [0.15, 0.2) is 11.3 Å². The van der Waals surface area contributed by atoms with E-state index in [1.165, 1.54) is 0 Å². The van der Waals surface area contributed by atoms with Gasteiger partial charge in [-0.25, -0.2) is 4.98 Å². The van der Waals surface area contributed by atoms with Crippen molar-refractivity contribution in [2.24, 2.45) is 4.99 Å². The van der Waals surface area contributed by atoms with E-state index >= 15 is 0 Å². The molecule has 4 nitrogen and oxygen atoms in total. The first-order valence-electron chi connectivity index (χ1n) is 2.74. The number of anilines is 1. The highest BCUT2D eigenvalue weighted by atomic mass is 15.1. The first-order valence-corrected chi connectivity index (χ1v) is 2.74. The van der Waals surface area contributed by atoms with Crippen molar-refractivity contribution in [3.8, 4) is 0 Å². The van der Waals surface area contributed by atoms with E-state index in [0.717, 1.165) is 11.5 Å². The second-order valence-corrected chi connectivity index (χ2v) is 1.84. The minimum Gasteiger partial charge on any atom is -0.345 e. The minimum absolute atomic E-state index is 0.711. The molecule has 0 aliphatic carbocycles. The van der Waals surface area contributed by atoms with E-state index in [1.807, 2.05) is 0 Å². The van der Waals surface area contributed by atoms with Crippen LogP contribution in [-0.2, 0) is 6.54 Å². The van der Waals surface area contributed by atoms with Gasteiger partial charge in [-0.15, -0.1) is 0 Å². The van der Waals surface area contributed by atoms with E-state index < -0.39 is 0 Å². The molecule has 2 heterocycles. The largest absolute Gasteiger partial charge is 0.345 e. The van der Waals surface area contributed by atoms with Crippen LogP contribution >= 0.6 is 0 Å². The lowest BCUT2D eigenvalue weighted by Gasteiger charge is -2.02. The standard InChI is InChI=1S/C5H6N4/c1-4-5(8-2-6-1)9-3-7-4/h2-3H,1H2,(H,6,8)(H,7,9). The van der Waals surface area contributed by atoms with Crippen LogP contribution in [0.4, 0.5) is 5.82 Å². The van der Waals surface area contributed by atoms with Gasteiger partial charge in [-0.05, 0) is 0 Å². The van der Waals surface area contributed by atoms with Crippen molar-refractivity contribution in [2.45, 2.75) is 6.54 Å². The Labute approximate surface area is 52.0 Å². The number of nitrogens with one attached hydrogen (secondary N) is 2. The van der Waals surface area contributed by atoms with Crippen molar-refractivity contribution in [3.05, 3.63) is 12.0 Å². The molecule has 9 heavy (non-hydrogen) atoms. The SMILES string of the molecule is C1=NCc2[nH]cnc2N1. The Bertz CT molecular complexity index is 214. The lowest BCUT2D eigenvalue weighted by atomic mass is 10.4. The molecule has 1 aliphatic heterocycles. The lowest BCUT2D eigenvalue weighted by Crippen LogP contribution is -2.03. The van der Waals surface area contributed by atoms with Crippen LogP contribution in [0.1, 0.15) is 5.69 Å². The van der Waals surface area contributed by atoms with Gasteiger partial charge >= 0.3 is 0 Å². The summed E-state index contributed by atoms with van der Waals surface area (Å²) in [6.45, 7) is 0.711. The van der Waals surface area contributed by atoms with Crippen molar-refractivity contribution in [1.29, 1.82) is 0 Å². The third-order valence-corrected chi connectivity index (χ3v) is 1.26. The van der Waals surface area contributed by atoms with E-state index in [2.05, 4.69) is 20.3 Å². The Hall–Kier alpha value is -1.32. The molecule has 0 fully saturated rings. The summed E-state index contributed by atoms with van der Waals surface area (Å²) >= 11 is 0. The molecule has 0 radical (unpaired) electrons. The summed E-state index contributed by atoms with van der Waals surface area (Å²) in [7, 11) is 0. The topological polar surface area (TPSA) is 53.1 Å². The van der Waals surface area contributed by atoms with Gasteiger partial charge < -0.3 is 10.3 Å². The molecule has 2 rings (SSSR count). The van der Waals surface area contributed by atoms with E-state index in [-0.39, 0.29) is 0 Å². The summed E-state index contributed by atoms with van der Waals surface area (Å²) in [5.41, 5.74) is 1.05. The highest BCUT2D eigenvalue weighted by Gasteiger charge is 2.04. The fourth-order valence-corrected chi connectivity index (χ4v) is 0.810. The highest BCUT2D eigenvalue weighted by Crippen LogP contribution is 2.11. The number of H-pyrrole nitrogens is 1. The number of imidazole rings is 1. The maximum atomic E-state index is 4.00. The maximum absolute atomic E-state index is 4.00. The van der Waals surface area contributed by atoms with Gasteiger partial charge in [0.2, 0.25) is 0 Å². The summed E-state index contributed by atoms with van der Waals surface area (Å²) in [5, 5.41) is 2.91. The summed E-state index contributed by atoms with van der Waals surface area (Å²) < 4.78 is 0. The van der Waals surface area contributed by atoms with Crippen LogP contribution in [0, 0.1) is 0 Å². The zero-order chi connectivity index (χ0) is 6.10. The molecular formula is C5H6N4. The lowest BCUT2D eigenvalue weighted by molar-refractivity contribution is 1.00. The van der Waals surface area contributed by atoms with Gasteiger partial charge in [0, 0.05) is 0 Å². The molecule has 0 bridgehead atoms. The van der Waals surface area contributed by atoms with Crippen molar-refractivity contribution in [1.82, 2.24) is 9.97 Å². The van der Waals surface area contributed by atoms with Gasteiger partial charge in [0.05, 0.1) is 24.9 Å². The first kappa shape index (κ1) is 4.55. The number of aliphatic imine (C=N–C) groups is 1. The molecule has 1 aromatic heterocycles. The van der Waals surface area contributed by atoms with Crippen LogP contribution in [-0.4, -0.2) is 16.3 Å². The Kier molecular flexibility index (Phi) is 0.798. The molecule has 1 aliphatic rings. The molecule has 0 atom stereocenters. The molecule has 0 saturated carbocycles. The molecule has 0 amide bonds. The van der Waals surface area contributed by atoms with Gasteiger partial charge in [0.15, 0.2) is 5.82 Å². The predicted octanol–water partition coefficient (Wildman–Crippen LogP) is 0.363. The molecule has 46 valence electrons. The van der Waals surface area contributed by atoms with E-state index in [1.54, 1.807) is 12.7 Å². The molecule has 0 spiro atoms. The van der Waals surface area contributed by atoms with Crippen molar-refractivity contribution in [3.63, 3.8) is 0 Å². The predicted molar refractivity (Wildman–Crippen MR) is 34.4 cm³/mol. The fraction of sp³-hybridized carbons (Fsp3) is 0.200. The molecule has 0 saturated heterocycles. The molecular weight excluding hydrogens is 116 g/mol. The number of rotatable bonds is 0. The Balaban J connectivity index is 2.46. The third kappa shape index (κ3) is 0.595. The fourth-order valence-electron chi connectivity index (χ4n) is 0.810. The normalized spacial score (nSPS) is 14.7. The van der Waals surface area contributed by atoms with Crippen LogP contribution in [0.3, 0.4) is 0 Å². The summed E-state index contributed by atoms with van der Waals surface area (Å²) in [6, 6.07) is 0. The first-order chi connectivity index (χ1) is 4.47. The molecule has 0 unspecified atom stereocenters. The number of hydrogen-bond donors (Lipinski definition) is 2. The monoisotopic (exact) mass is 122 g/mol. The van der Waals surface area contributed by atoms with Crippen molar-refractivity contribution >= 4 is 12.2 Å². The highest BCUT2D eigenvalue weighted by molar-refractivity contribution is 5.76. The van der Waals surface area contributed by atoms with Crippen molar-refractivity contribution < 1.29 is 0 Å². The zero-order valence-electron chi connectivity index (χ0n) is 4.76. The van der Waals surface area contributed by atoms with Gasteiger partial charge in [-0.1, -0.05) is 0 Å². The van der Waals surface area contributed by atoms with Gasteiger partial charge in [-0.3, -0.25) is 4.99 Å². The molecule has 2 N–H and O–H groups in total. The van der Waals surface area contributed by atoms with Crippen LogP contribution in [0.25, 0.3) is 0 Å². The smallest absolute Gasteiger partial charge is 0.154 e. The number of aromatic amines is 1. The number of nitrogens with zero attached hydrogens (tertiary/aromatic N) is 2. The quantitative estimate of drug-likeness (QED) is 0.522. The number of aromatic nitrogens is 2. The summed E-state index contributed by atoms with van der Waals surface area (Å²) in [6.07, 6.45) is 3.32. The third-order valence-electron chi connectivity index (χ3n) is 1.26. The second-order valence-electron chi connectivity index (χ2n) is 1.84. The second kappa shape index (κ2) is 1.58. The minimum atomic E-state index is 0.711. The van der Waals surface area contributed by atoms with Gasteiger partial charge in [0.25, 0.3) is 0 Å². The summed E-state index contributed by atoms with van der Waals surface area (Å²) in [5.74, 6) is 0.894. The maximum Gasteiger partial charge on any atom is 0.154 e. The Morgan fingerprint density at radius 3 is 3.44 bits per heavy atom. The zero-order valence-corrected chi connectivity index (χ0v) is 4.76. The Morgan fingerprint density at radius 1 is 1.56 bits per heavy atom. The average molecular weight is 122 g/mol. The van der Waals surface area contributed by atoms with Crippen LogP contribution in [0.5, 0.6) is 0 Å². The van der Waals surface area contributed by atoms with Crippen LogP contribution in [0.2, 0.25) is 0 Å². The van der Waals surface area contributed by atoms with Crippen LogP contribution < -0.4 is 5.32 Å². The summed E-state index contributed by atoms with van der Waals surface area (Å²) in [4.78, 5) is 11.0. The van der Waals surface area contributed by atoms with Crippen molar-refractivity contribution in [2.75, 3.05) is 5.32 Å². The average Bonchev–Trinajstić information content (AvgIpc) is 2.33. The van der Waals surface area contributed by atoms with Gasteiger partial charge in [0.1, 0.15) is 0 Å². The number of fused-ring (bicyclic) bond motifs is 1. The van der Waals surface area contributed by atoms with E-state index in [9.17, 15) is 0 Å². The molecule has 1 aromatic rings. The molecule has 0 aromatic carbocycles. The molecule has 4 heteroatoms. The number of hydrogen-bond acceptors (Lipinski definition) is 3.